The van der Waals surface area contributed by atoms with Crippen LogP contribution in [0.5, 0.6) is 0 Å². The number of hydrogen-bond acceptors (Lipinski definition) is 5. The summed E-state index contributed by atoms with van der Waals surface area (Å²) >= 11 is 8.80. The third-order valence-corrected chi connectivity index (χ3v) is 4.60. The number of amides is 1. The van der Waals surface area contributed by atoms with Gasteiger partial charge in [-0.3, -0.25) is 10.1 Å². The van der Waals surface area contributed by atoms with Crippen molar-refractivity contribution in [2.75, 3.05) is 5.32 Å². The lowest BCUT2D eigenvalue weighted by Gasteiger charge is -1.98. The minimum atomic E-state index is -0.256. The van der Waals surface area contributed by atoms with Crippen LogP contribution in [0.2, 0.25) is 5.02 Å². The van der Waals surface area contributed by atoms with Gasteiger partial charge in [-0.1, -0.05) is 23.7 Å². The van der Waals surface area contributed by atoms with E-state index in [1.807, 2.05) is 25.1 Å². The van der Waals surface area contributed by atoms with Gasteiger partial charge in [-0.05, 0) is 19.1 Å². The van der Waals surface area contributed by atoms with Crippen LogP contribution in [0.25, 0.3) is 10.6 Å². The SMILES string of the molecule is Cc1cnc(NC(=O)c2csc(-c3cccc(Cl)c3)n2)s1. The first kappa shape index (κ1) is 14.2. The predicted molar refractivity (Wildman–Crippen MR) is 87.4 cm³/mol. The maximum atomic E-state index is 12.1. The Hall–Kier alpha value is -1.76. The van der Waals surface area contributed by atoms with Gasteiger partial charge < -0.3 is 0 Å². The van der Waals surface area contributed by atoms with Crippen LogP contribution in [0.1, 0.15) is 15.4 Å². The number of hydrogen-bond donors (Lipinski definition) is 1. The van der Waals surface area contributed by atoms with Gasteiger partial charge in [-0.15, -0.1) is 22.7 Å². The van der Waals surface area contributed by atoms with Crippen molar-refractivity contribution in [1.29, 1.82) is 0 Å². The van der Waals surface area contributed by atoms with Crippen molar-refractivity contribution in [2.24, 2.45) is 0 Å². The van der Waals surface area contributed by atoms with E-state index in [0.29, 0.717) is 15.8 Å². The van der Waals surface area contributed by atoms with Crippen molar-refractivity contribution in [3.8, 4) is 10.6 Å². The molecule has 0 aliphatic heterocycles. The molecule has 7 heteroatoms. The summed E-state index contributed by atoms with van der Waals surface area (Å²) in [5.74, 6) is -0.256. The third-order valence-electron chi connectivity index (χ3n) is 2.65. The molecule has 1 amide bonds. The summed E-state index contributed by atoms with van der Waals surface area (Å²) in [4.78, 5) is 21.6. The van der Waals surface area contributed by atoms with Crippen molar-refractivity contribution in [2.45, 2.75) is 6.92 Å². The normalized spacial score (nSPS) is 10.6. The molecule has 3 rings (SSSR count). The zero-order valence-electron chi connectivity index (χ0n) is 11.0. The number of carbonyl (C=O) groups excluding carboxylic acids is 1. The van der Waals surface area contributed by atoms with Crippen LogP contribution in [0.4, 0.5) is 5.13 Å². The maximum absolute atomic E-state index is 12.1. The minimum absolute atomic E-state index is 0.256. The molecule has 0 atom stereocenters. The predicted octanol–water partition coefficient (Wildman–Crippen LogP) is 4.48. The second-order valence-electron chi connectivity index (χ2n) is 4.28. The van der Waals surface area contributed by atoms with Gasteiger partial charge in [0.05, 0.1) is 0 Å². The van der Waals surface area contributed by atoms with Crippen LogP contribution in [-0.4, -0.2) is 15.9 Å². The fourth-order valence-corrected chi connectivity index (χ4v) is 3.35. The van der Waals surface area contributed by atoms with Gasteiger partial charge in [0, 0.05) is 27.0 Å². The number of benzene rings is 1. The van der Waals surface area contributed by atoms with Crippen molar-refractivity contribution >= 4 is 45.3 Å². The summed E-state index contributed by atoms with van der Waals surface area (Å²) < 4.78 is 0. The molecule has 2 heterocycles. The summed E-state index contributed by atoms with van der Waals surface area (Å²) in [6.45, 7) is 1.94. The summed E-state index contributed by atoms with van der Waals surface area (Å²) in [6.07, 6.45) is 1.72. The highest BCUT2D eigenvalue weighted by Crippen LogP contribution is 2.26. The number of halogens is 1. The lowest BCUT2D eigenvalue weighted by molar-refractivity contribution is 0.102. The molecule has 0 spiro atoms. The van der Waals surface area contributed by atoms with Crippen molar-refractivity contribution in [3.63, 3.8) is 0 Å². The maximum Gasteiger partial charge on any atom is 0.276 e. The first-order valence-corrected chi connectivity index (χ1v) is 8.14. The minimum Gasteiger partial charge on any atom is -0.296 e. The first-order valence-electron chi connectivity index (χ1n) is 6.07. The van der Waals surface area contributed by atoms with Crippen molar-refractivity contribution in [1.82, 2.24) is 9.97 Å². The number of thiazole rings is 2. The molecule has 0 radical (unpaired) electrons. The Morgan fingerprint density at radius 2 is 2.24 bits per heavy atom. The van der Waals surface area contributed by atoms with Crippen LogP contribution in [-0.2, 0) is 0 Å². The van der Waals surface area contributed by atoms with Gasteiger partial charge in [0.2, 0.25) is 0 Å². The van der Waals surface area contributed by atoms with Gasteiger partial charge in [-0.2, -0.15) is 0 Å². The van der Waals surface area contributed by atoms with Gasteiger partial charge in [-0.25, -0.2) is 9.97 Å². The molecular weight excluding hydrogens is 326 g/mol. The smallest absolute Gasteiger partial charge is 0.276 e. The van der Waals surface area contributed by atoms with Gasteiger partial charge in [0.15, 0.2) is 5.13 Å². The molecule has 0 aliphatic carbocycles. The molecule has 2 aromatic heterocycles. The highest BCUT2D eigenvalue weighted by molar-refractivity contribution is 7.15. The van der Waals surface area contributed by atoms with E-state index in [-0.39, 0.29) is 5.91 Å². The highest BCUT2D eigenvalue weighted by atomic mass is 35.5. The number of aromatic nitrogens is 2. The van der Waals surface area contributed by atoms with E-state index in [2.05, 4.69) is 15.3 Å². The Balaban J connectivity index is 1.80. The molecule has 0 unspecified atom stereocenters. The zero-order valence-corrected chi connectivity index (χ0v) is 13.4. The Morgan fingerprint density at radius 1 is 1.38 bits per heavy atom. The summed E-state index contributed by atoms with van der Waals surface area (Å²) in [6, 6.07) is 7.40. The molecule has 21 heavy (non-hydrogen) atoms. The Bertz CT molecular complexity index is 797. The zero-order chi connectivity index (χ0) is 14.8. The standard InChI is InChI=1S/C14H10ClN3OS2/c1-8-6-16-14(21-8)18-12(19)11-7-20-13(17-11)9-3-2-4-10(15)5-9/h2-7H,1H3,(H,16,18,19). The van der Waals surface area contributed by atoms with Gasteiger partial charge in [0.25, 0.3) is 5.91 Å². The topological polar surface area (TPSA) is 54.9 Å². The number of rotatable bonds is 3. The number of nitrogens with zero attached hydrogens (tertiary/aromatic N) is 2. The summed E-state index contributed by atoms with van der Waals surface area (Å²) in [5, 5.41) is 6.46. The van der Waals surface area contributed by atoms with E-state index >= 15 is 0 Å². The molecule has 106 valence electrons. The quantitative estimate of drug-likeness (QED) is 0.767. The second kappa shape index (κ2) is 5.93. The van der Waals surface area contributed by atoms with Crippen molar-refractivity contribution in [3.05, 3.63) is 51.4 Å². The molecular formula is C14H10ClN3OS2. The average molecular weight is 336 g/mol. The molecule has 0 fully saturated rings. The van der Waals surface area contributed by atoms with Crippen LogP contribution >= 0.6 is 34.3 Å². The van der Waals surface area contributed by atoms with Crippen LogP contribution in [0.15, 0.2) is 35.8 Å². The second-order valence-corrected chi connectivity index (χ2v) is 6.81. The largest absolute Gasteiger partial charge is 0.296 e. The fraction of sp³-hybridized carbons (Fsp3) is 0.0714. The molecule has 0 bridgehead atoms. The molecule has 3 aromatic rings. The highest BCUT2D eigenvalue weighted by Gasteiger charge is 2.13. The van der Waals surface area contributed by atoms with Crippen molar-refractivity contribution < 1.29 is 4.79 Å². The molecule has 0 saturated heterocycles. The first-order chi connectivity index (χ1) is 10.1. The lowest BCUT2D eigenvalue weighted by Crippen LogP contribution is -2.11. The van der Waals surface area contributed by atoms with E-state index in [4.69, 9.17) is 11.6 Å². The molecule has 1 aromatic carbocycles. The van der Waals surface area contributed by atoms with Crippen LogP contribution < -0.4 is 5.32 Å². The monoisotopic (exact) mass is 335 g/mol. The van der Waals surface area contributed by atoms with E-state index in [9.17, 15) is 4.79 Å². The summed E-state index contributed by atoms with van der Waals surface area (Å²) in [7, 11) is 0. The molecule has 0 aliphatic rings. The van der Waals surface area contributed by atoms with Crippen LogP contribution in [0.3, 0.4) is 0 Å². The van der Waals surface area contributed by atoms with E-state index in [1.165, 1.54) is 22.7 Å². The summed E-state index contributed by atoms with van der Waals surface area (Å²) in [5.41, 5.74) is 1.28. The number of nitrogens with one attached hydrogen (secondary N) is 1. The third kappa shape index (κ3) is 3.29. The van der Waals surface area contributed by atoms with E-state index in [1.54, 1.807) is 17.6 Å². The average Bonchev–Trinajstić information content (AvgIpc) is 3.08. The molecule has 0 saturated carbocycles. The number of aryl methyl sites for hydroxylation is 1. The van der Waals surface area contributed by atoms with Crippen LogP contribution in [0, 0.1) is 6.92 Å². The molecule has 4 nitrogen and oxygen atoms in total. The Labute approximate surface area is 134 Å². The van der Waals surface area contributed by atoms with Gasteiger partial charge >= 0.3 is 0 Å². The lowest BCUT2D eigenvalue weighted by atomic mass is 10.2. The Kier molecular flexibility index (Phi) is 4.01. The molecule has 1 N–H and O–H groups in total. The van der Waals surface area contributed by atoms with E-state index < -0.39 is 0 Å². The number of carbonyl (C=O) groups is 1. The van der Waals surface area contributed by atoms with Gasteiger partial charge in [0.1, 0.15) is 10.7 Å². The Morgan fingerprint density at radius 3 is 2.95 bits per heavy atom. The van der Waals surface area contributed by atoms with E-state index in [0.717, 1.165) is 15.4 Å². The number of anilines is 1. The fourth-order valence-electron chi connectivity index (χ4n) is 1.71.